The van der Waals surface area contributed by atoms with Gasteiger partial charge in [-0.3, -0.25) is 0 Å². The summed E-state index contributed by atoms with van der Waals surface area (Å²) in [6.45, 7) is 0. The summed E-state index contributed by atoms with van der Waals surface area (Å²) in [7, 11) is 0. The minimum absolute atomic E-state index is 0.722. The van der Waals surface area contributed by atoms with Gasteiger partial charge in [0.1, 0.15) is 0 Å². The average molecular weight is 208 g/mol. The van der Waals surface area contributed by atoms with Gasteiger partial charge in [-0.25, -0.2) is 4.57 Å². The molecular formula is C12H18NS+. The molecule has 76 valence electrons. The first kappa shape index (κ1) is 10.0. The summed E-state index contributed by atoms with van der Waals surface area (Å²) in [5.41, 5.74) is 0. The molecule has 0 unspecified atom stereocenters. The summed E-state index contributed by atoms with van der Waals surface area (Å²) in [5.74, 6) is 0. The van der Waals surface area contributed by atoms with Gasteiger partial charge in [-0.1, -0.05) is 12.5 Å². The van der Waals surface area contributed by atoms with Gasteiger partial charge in [0, 0.05) is 18.6 Å². The van der Waals surface area contributed by atoms with Crippen molar-refractivity contribution in [1.82, 2.24) is 0 Å². The molecule has 1 fully saturated rings. The van der Waals surface area contributed by atoms with Gasteiger partial charge in [-0.05, 0) is 19.1 Å². The molecule has 1 nitrogen and oxygen atoms in total. The molecule has 0 saturated heterocycles. The Hall–Kier alpha value is -0.500. The van der Waals surface area contributed by atoms with Crippen molar-refractivity contribution >= 4 is 11.8 Å². The maximum absolute atomic E-state index is 2.39. The van der Waals surface area contributed by atoms with E-state index in [9.17, 15) is 0 Å². The summed E-state index contributed by atoms with van der Waals surface area (Å²) in [5, 5.41) is 0.816. The number of thioether (sulfide) groups is 1. The van der Waals surface area contributed by atoms with Crippen molar-refractivity contribution in [2.75, 3.05) is 6.26 Å². The quantitative estimate of drug-likeness (QED) is 0.676. The highest BCUT2D eigenvalue weighted by molar-refractivity contribution is 7.99. The van der Waals surface area contributed by atoms with Crippen LogP contribution in [0.1, 0.15) is 31.7 Å². The number of hydrogen-bond acceptors (Lipinski definition) is 1. The van der Waals surface area contributed by atoms with Crippen LogP contribution in [0.3, 0.4) is 0 Å². The highest BCUT2D eigenvalue weighted by atomic mass is 32.2. The van der Waals surface area contributed by atoms with E-state index in [1.54, 1.807) is 0 Å². The van der Waals surface area contributed by atoms with Gasteiger partial charge in [0.25, 0.3) is 0 Å². The van der Waals surface area contributed by atoms with Gasteiger partial charge in [0.2, 0.25) is 0 Å². The first-order valence-electron chi connectivity index (χ1n) is 5.40. The molecule has 0 N–H and O–H groups in total. The lowest BCUT2D eigenvalue weighted by Gasteiger charge is -2.25. The third-order valence-corrected chi connectivity index (χ3v) is 4.25. The molecule has 2 atom stereocenters. The first-order valence-corrected chi connectivity index (χ1v) is 6.69. The van der Waals surface area contributed by atoms with Crippen molar-refractivity contribution in [2.45, 2.75) is 37.0 Å². The fourth-order valence-corrected chi connectivity index (χ4v) is 3.32. The van der Waals surface area contributed by atoms with E-state index in [-0.39, 0.29) is 0 Å². The molecule has 1 aromatic rings. The van der Waals surface area contributed by atoms with Crippen LogP contribution in [0.15, 0.2) is 30.6 Å². The van der Waals surface area contributed by atoms with Gasteiger partial charge in [-0.15, -0.1) is 0 Å². The maximum atomic E-state index is 2.39. The molecule has 2 heteroatoms. The molecule has 1 heterocycles. The lowest BCUT2D eigenvalue weighted by Crippen LogP contribution is -2.45. The van der Waals surface area contributed by atoms with E-state index >= 15 is 0 Å². The van der Waals surface area contributed by atoms with Crippen LogP contribution in [0, 0.1) is 0 Å². The van der Waals surface area contributed by atoms with E-state index in [2.05, 4.69) is 41.4 Å². The molecular weight excluding hydrogens is 190 g/mol. The standard InChI is InChI=1S/C12H18NS/c1-14-12-8-4-3-7-11(12)13-9-5-2-6-10-13/h2,5-6,9-12H,3-4,7-8H2,1H3/q+1/t11-,12-/m1/s1. The second kappa shape index (κ2) is 4.83. The SMILES string of the molecule is CS[C@@H]1CCCC[C@H]1[n+]1ccccc1. The van der Waals surface area contributed by atoms with Crippen LogP contribution in [0.25, 0.3) is 0 Å². The zero-order valence-corrected chi connectivity index (χ0v) is 9.54. The Morgan fingerprint density at radius 3 is 2.50 bits per heavy atom. The molecule has 0 spiro atoms. The van der Waals surface area contributed by atoms with Crippen molar-refractivity contribution in [3.8, 4) is 0 Å². The van der Waals surface area contributed by atoms with Crippen LogP contribution in [0.4, 0.5) is 0 Å². The molecule has 0 aromatic carbocycles. The summed E-state index contributed by atoms with van der Waals surface area (Å²) >= 11 is 2.03. The molecule has 1 aromatic heterocycles. The van der Waals surface area contributed by atoms with Gasteiger partial charge < -0.3 is 0 Å². The molecule has 1 saturated carbocycles. The van der Waals surface area contributed by atoms with Crippen molar-refractivity contribution in [3.63, 3.8) is 0 Å². The van der Waals surface area contributed by atoms with Crippen molar-refractivity contribution in [3.05, 3.63) is 30.6 Å². The molecule has 14 heavy (non-hydrogen) atoms. The van der Waals surface area contributed by atoms with Gasteiger partial charge in [-0.2, -0.15) is 11.8 Å². The predicted molar refractivity (Wildman–Crippen MR) is 61.4 cm³/mol. The number of pyridine rings is 1. The average Bonchev–Trinajstić information content (AvgIpc) is 2.30. The van der Waals surface area contributed by atoms with Crippen LogP contribution in [-0.2, 0) is 0 Å². The molecule has 0 amide bonds. The van der Waals surface area contributed by atoms with Gasteiger partial charge in [0.05, 0.1) is 5.25 Å². The summed E-state index contributed by atoms with van der Waals surface area (Å²) < 4.78 is 2.39. The Morgan fingerprint density at radius 2 is 1.79 bits per heavy atom. The minimum Gasteiger partial charge on any atom is -0.201 e. The number of rotatable bonds is 2. The lowest BCUT2D eigenvalue weighted by molar-refractivity contribution is -0.724. The van der Waals surface area contributed by atoms with E-state index in [1.807, 2.05) is 11.8 Å². The van der Waals surface area contributed by atoms with Crippen molar-refractivity contribution in [2.24, 2.45) is 0 Å². The highest BCUT2D eigenvalue weighted by Gasteiger charge is 2.30. The number of hydrogen-bond donors (Lipinski definition) is 0. The Morgan fingerprint density at radius 1 is 1.07 bits per heavy atom. The first-order chi connectivity index (χ1) is 6.92. The van der Waals surface area contributed by atoms with Crippen molar-refractivity contribution < 1.29 is 4.57 Å². The molecule has 0 bridgehead atoms. The monoisotopic (exact) mass is 208 g/mol. The van der Waals surface area contributed by atoms with E-state index in [4.69, 9.17) is 0 Å². The largest absolute Gasteiger partial charge is 0.201 e. The van der Waals surface area contributed by atoms with Crippen molar-refractivity contribution in [1.29, 1.82) is 0 Å². The van der Waals surface area contributed by atoms with Gasteiger partial charge >= 0.3 is 0 Å². The zero-order valence-electron chi connectivity index (χ0n) is 8.73. The number of nitrogens with zero attached hydrogens (tertiary/aromatic N) is 1. The van der Waals surface area contributed by atoms with Crippen LogP contribution in [0.5, 0.6) is 0 Å². The summed E-state index contributed by atoms with van der Waals surface area (Å²) in [6.07, 6.45) is 12.2. The molecule has 0 radical (unpaired) electrons. The van der Waals surface area contributed by atoms with Crippen LogP contribution < -0.4 is 4.57 Å². The second-order valence-corrected chi connectivity index (χ2v) is 5.03. The van der Waals surface area contributed by atoms with Crippen LogP contribution in [0.2, 0.25) is 0 Å². The third-order valence-electron chi connectivity index (χ3n) is 3.09. The van der Waals surface area contributed by atoms with Crippen LogP contribution in [-0.4, -0.2) is 11.5 Å². The highest BCUT2D eigenvalue weighted by Crippen LogP contribution is 2.32. The minimum atomic E-state index is 0.722. The Balaban J connectivity index is 2.15. The van der Waals surface area contributed by atoms with E-state index in [0.29, 0.717) is 0 Å². The summed E-state index contributed by atoms with van der Waals surface area (Å²) in [4.78, 5) is 0. The fraction of sp³-hybridized carbons (Fsp3) is 0.583. The molecule has 2 rings (SSSR count). The van der Waals surface area contributed by atoms with E-state index in [0.717, 1.165) is 11.3 Å². The fourth-order valence-electron chi connectivity index (χ4n) is 2.33. The second-order valence-electron chi connectivity index (χ2n) is 3.95. The Labute approximate surface area is 90.5 Å². The van der Waals surface area contributed by atoms with E-state index in [1.165, 1.54) is 25.7 Å². The zero-order chi connectivity index (χ0) is 9.80. The Kier molecular flexibility index (Phi) is 3.46. The smallest absolute Gasteiger partial charge is 0.169 e. The lowest BCUT2D eigenvalue weighted by atomic mass is 9.94. The van der Waals surface area contributed by atoms with Crippen LogP contribution >= 0.6 is 11.8 Å². The summed E-state index contributed by atoms with van der Waals surface area (Å²) in [6, 6.07) is 7.07. The maximum Gasteiger partial charge on any atom is 0.169 e. The normalized spacial score (nSPS) is 27.5. The number of aromatic nitrogens is 1. The Bertz CT molecular complexity index is 273. The van der Waals surface area contributed by atoms with E-state index < -0.39 is 0 Å². The molecule has 1 aliphatic carbocycles. The predicted octanol–water partition coefficient (Wildman–Crippen LogP) is 2.82. The topological polar surface area (TPSA) is 3.88 Å². The molecule has 0 aliphatic heterocycles. The third kappa shape index (κ3) is 2.11. The van der Waals surface area contributed by atoms with Gasteiger partial charge in [0.15, 0.2) is 18.4 Å². The molecule has 1 aliphatic rings.